The van der Waals surface area contributed by atoms with Gasteiger partial charge in [-0.05, 0) is 32.0 Å². The zero-order valence-electron chi connectivity index (χ0n) is 10.2. The molecule has 0 saturated carbocycles. The van der Waals surface area contributed by atoms with E-state index in [4.69, 9.17) is 9.47 Å². The number of hydrogen-bond acceptors (Lipinski definition) is 2. The molecule has 0 amide bonds. The molecule has 0 radical (unpaired) electrons. The fourth-order valence-electron chi connectivity index (χ4n) is 1.92. The molecule has 3 nitrogen and oxygen atoms in total. The maximum atomic E-state index is 5.38. The average molecular weight is 219 g/mol. The molecule has 1 aromatic carbocycles. The van der Waals surface area contributed by atoms with E-state index < -0.39 is 0 Å². The predicted octanol–water partition coefficient (Wildman–Crippen LogP) is 3.24. The summed E-state index contributed by atoms with van der Waals surface area (Å²) < 4.78 is 12.8. The van der Waals surface area contributed by atoms with Gasteiger partial charge in [0.25, 0.3) is 0 Å². The predicted molar refractivity (Wildman–Crippen MR) is 65.4 cm³/mol. The molecule has 0 spiro atoms. The first kappa shape index (κ1) is 10.9. The molecule has 1 aromatic heterocycles. The van der Waals surface area contributed by atoms with Gasteiger partial charge in [-0.15, -0.1) is 0 Å². The minimum atomic E-state index is 0.416. The Morgan fingerprint density at radius 3 is 2.44 bits per heavy atom. The Balaban J connectivity index is 2.69. The Morgan fingerprint density at radius 1 is 1.12 bits per heavy atom. The maximum Gasteiger partial charge on any atom is 0.144 e. The Kier molecular flexibility index (Phi) is 2.77. The maximum absolute atomic E-state index is 5.38. The zero-order valence-corrected chi connectivity index (χ0v) is 10.2. The van der Waals surface area contributed by atoms with Crippen molar-refractivity contribution >= 4 is 10.9 Å². The van der Waals surface area contributed by atoms with Crippen molar-refractivity contribution in [3.05, 3.63) is 24.4 Å². The van der Waals surface area contributed by atoms with Crippen LogP contribution in [0.1, 0.15) is 19.9 Å². The van der Waals surface area contributed by atoms with Gasteiger partial charge in [0.2, 0.25) is 0 Å². The van der Waals surface area contributed by atoms with Gasteiger partial charge in [-0.1, -0.05) is 0 Å². The summed E-state index contributed by atoms with van der Waals surface area (Å²) in [6.07, 6.45) is 2.04. The van der Waals surface area contributed by atoms with E-state index in [1.807, 2.05) is 18.3 Å². The molecule has 86 valence electrons. The molecule has 2 rings (SSSR count). The minimum Gasteiger partial charge on any atom is -0.497 e. The second-order valence-electron chi connectivity index (χ2n) is 4.08. The quantitative estimate of drug-likeness (QED) is 0.791. The lowest BCUT2D eigenvalue weighted by atomic mass is 10.2. The highest BCUT2D eigenvalue weighted by Crippen LogP contribution is 2.32. The molecule has 0 bridgehead atoms. The second-order valence-corrected chi connectivity index (χ2v) is 4.08. The number of aromatic nitrogens is 1. The summed E-state index contributed by atoms with van der Waals surface area (Å²) in [4.78, 5) is 0. The van der Waals surface area contributed by atoms with Crippen molar-refractivity contribution in [3.8, 4) is 11.5 Å². The van der Waals surface area contributed by atoms with E-state index in [1.54, 1.807) is 14.2 Å². The Hall–Kier alpha value is -1.64. The van der Waals surface area contributed by atoms with Gasteiger partial charge in [-0.25, -0.2) is 0 Å². The third kappa shape index (κ3) is 1.62. The Labute approximate surface area is 95.6 Å². The first-order chi connectivity index (χ1) is 7.67. The van der Waals surface area contributed by atoms with Crippen molar-refractivity contribution in [2.75, 3.05) is 14.2 Å². The number of fused-ring (bicyclic) bond motifs is 1. The summed E-state index contributed by atoms with van der Waals surface area (Å²) >= 11 is 0. The topological polar surface area (TPSA) is 23.4 Å². The summed E-state index contributed by atoms with van der Waals surface area (Å²) in [6, 6.07) is 6.46. The van der Waals surface area contributed by atoms with Crippen molar-refractivity contribution in [2.45, 2.75) is 19.9 Å². The van der Waals surface area contributed by atoms with Crippen LogP contribution in [0.15, 0.2) is 24.4 Å². The molecular formula is C13H17NO2. The molecule has 0 unspecified atom stereocenters. The summed E-state index contributed by atoms with van der Waals surface area (Å²) in [6.45, 7) is 4.31. The summed E-state index contributed by atoms with van der Waals surface area (Å²) in [5.41, 5.74) is 1.17. The van der Waals surface area contributed by atoms with Gasteiger partial charge in [0.05, 0.1) is 19.7 Å². The molecule has 3 heteroatoms. The van der Waals surface area contributed by atoms with Gasteiger partial charge in [0, 0.05) is 17.6 Å². The van der Waals surface area contributed by atoms with Crippen molar-refractivity contribution in [3.63, 3.8) is 0 Å². The van der Waals surface area contributed by atoms with Gasteiger partial charge in [-0.3, -0.25) is 0 Å². The molecule has 0 fully saturated rings. The summed E-state index contributed by atoms with van der Waals surface area (Å²) in [7, 11) is 3.37. The van der Waals surface area contributed by atoms with Gasteiger partial charge >= 0.3 is 0 Å². The van der Waals surface area contributed by atoms with Crippen LogP contribution in [0.25, 0.3) is 10.9 Å². The van der Waals surface area contributed by atoms with Gasteiger partial charge < -0.3 is 14.0 Å². The van der Waals surface area contributed by atoms with Gasteiger partial charge in [-0.2, -0.15) is 0 Å². The lowest BCUT2D eigenvalue weighted by Crippen LogP contribution is -1.97. The van der Waals surface area contributed by atoms with E-state index in [2.05, 4.69) is 24.5 Å². The van der Waals surface area contributed by atoms with Crippen molar-refractivity contribution < 1.29 is 9.47 Å². The van der Waals surface area contributed by atoms with E-state index >= 15 is 0 Å². The van der Waals surface area contributed by atoms with Crippen LogP contribution in [-0.2, 0) is 0 Å². The fraction of sp³-hybridized carbons (Fsp3) is 0.385. The number of methoxy groups -OCH3 is 2. The molecule has 0 aliphatic carbocycles. The highest BCUT2D eigenvalue weighted by atomic mass is 16.5. The lowest BCUT2D eigenvalue weighted by Gasteiger charge is -2.08. The van der Waals surface area contributed by atoms with E-state index in [-0.39, 0.29) is 0 Å². The van der Waals surface area contributed by atoms with Gasteiger partial charge in [0.15, 0.2) is 0 Å². The molecule has 0 aliphatic heterocycles. The smallest absolute Gasteiger partial charge is 0.144 e. The molecule has 0 aliphatic rings. The zero-order chi connectivity index (χ0) is 11.7. The van der Waals surface area contributed by atoms with Crippen molar-refractivity contribution in [1.82, 2.24) is 4.57 Å². The van der Waals surface area contributed by atoms with Crippen LogP contribution in [0, 0.1) is 0 Å². The number of nitrogens with zero attached hydrogens (tertiary/aromatic N) is 1. The summed E-state index contributed by atoms with van der Waals surface area (Å²) in [5.74, 6) is 1.75. The number of rotatable bonds is 3. The van der Waals surface area contributed by atoms with Gasteiger partial charge in [0.1, 0.15) is 11.5 Å². The van der Waals surface area contributed by atoms with Crippen LogP contribution < -0.4 is 9.47 Å². The fourth-order valence-corrected chi connectivity index (χ4v) is 1.92. The first-order valence-corrected chi connectivity index (χ1v) is 5.40. The molecule has 0 atom stereocenters. The standard InChI is InChI=1S/C13H17NO2/c1-9(2)14-8-13(16-4)11-7-10(15-3)5-6-12(11)14/h5-9H,1-4H3. The van der Waals surface area contributed by atoms with Crippen LogP contribution in [-0.4, -0.2) is 18.8 Å². The Bertz CT molecular complexity index is 500. The molecule has 0 N–H and O–H groups in total. The molecule has 16 heavy (non-hydrogen) atoms. The highest BCUT2D eigenvalue weighted by Gasteiger charge is 2.11. The van der Waals surface area contributed by atoms with Crippen LogP contribution in [0.2, 0.25) is 0 Å². The van der Waals surface area contributed by atoms with Crippen LogP contribution in [0.5, 0.6) is 11.5 Å². The lowest BCUT2D eigenvalue weighted by molar-refractivity contribution is 0.412. The van der Waals surface area contributed by atoms with E-state index in [0.717, 1.165) is 16.9 Å². The van der Waals surface area contributed by atoms with Crippen molar-refractivity contribution in [1.29, 1.82) is 0 Å². The van der Waals surface area contributed by atoms with E-state index in [9.17, 15) is 0 Å². The van der Waals surface area contributed by atoms with Crippen LogP contribution >= 0.6 is 0 Å². The third-order valence-corrected chi connectivity index (χ3v) is 2.78. The average Bonchev–Trinajstić information content (AvgIpc) is 2.66. The monoisotopic (exact) mass is 219 g/mol. The number of hydrogen-bond donors (Lipinski definition) is 0. The molecular weight excluding hydrogens is 202 g/mol. The number of ether oxygens (including phenoxy) is 2. The van der Waals surface area contributed by atoms with Crippen LogP contribution in [0.3, 0.4) is 0 Å². The Morgan fingerprint density at radius 2 is 1.88 bits per heavy atom. The largest absolute Gasteiger partial charge is 0.497 e. The first-order valence-electron chi connectivity index (χ1n) is 5.40. The van der Waals surface area contributed by atoms with E-state index in [0.29, 0.717) is 6.04 Å². The second kappa shape index (κ2) is 4.08. The normalized spacial score (nSPS) is 11.1. The minimum absolute atomic E-state index is 0.416. The van der Waals surface area contributed by atoms with E-state index in [1.165, 1.54) is 5.52 Å². The third-order valence-electron chi connectivity index (χ3n) is 2.78. The molecule has 1 heterocycles. The van der Waals surface area contributed by atoms with Crippen LogP contribution in [0.4, 0.5) is 0 Å². The van der Waals surface area contributed by atoms with Crippen molar-refractivity contribution in [2.24, 2.45) is 0 Å². The molecule has 0 saturated heterocycles. The number of benzene rings is 1. The summed E-state index contributed by atoms with van der Waals surface area (Å²) in [5, 5.41) is 1.09. The SMILES string of the molecule is COc1ccc2c(c1)c(OC)cn2C(C)C. The molecule has 2 aromatic rings. The highest BCUT2D eigenvalue weighted by molar-refractivity contribution is 5.88.